The largest absolute Gasteiger partial charge is 0.379 e. The third-order valence-corrected chi connectivity index (χ3v) is 5.20. The summed E-state index contributed by atoms with van der Waals surface area (Å²) in [5.41, 5.74) is 5.45. The van der Waals surface area contributed by atoms with Gasteiger partial charge in [-0.15, -0.1) is 24.0 Å². The Morgan fingerprint density at radius 2 is 1.89 bits per heavy atom. The molecule has 4 N–H and O–H groups in total. The first kappa shape index (κ1) is 25.4. The molecular weight excluding hydrogens is 471 g/mol. The molecule has 2 saturated heterocycles. The van der Waals surface area contributed by atoms with Crippen LogP contribution >= 0.6 is 24.0 Å². The molecule has 0 aromatic heterocycles. The van der Waals surface area contributed by atoms with Crippen molar-refractivity contribution in [3.63, 3.8) is 0 Å². The standard InChI is InChI=1S/C19H38N6O2.HI/c1-2-21-19(22-7-4-10-24-12-14-27-15-13-24)23-8-5-11-25-9-3-6-17(16-25)18(20)26;/h17H,2-16H2,1H3,(H2,20,26)(H2,21,22,23);1H. The minimum absolute atomic E-state index is 0. The van der Waals surface area contributed by atoms with Crippen molar-refractivity contribution in [2.24, 2.45) is 16.6 Å². The van der Waals surface area contributed by atoms with Crippen molar-refractivity contribution >= 4 is 35.8 Å². The van der Waals surface area contributed by atoms with Gasteiger partial charge >= 0.3 is 0 Å². The summed E-state index contributed by atoms with van der Waals surface area (Å²) in [7, 11) is 0. The van der Waals surface area contributed by atoms with Crippen molar-refractivity contribution < 1.29 is 9.53 Å². The number of morpholine rings is 1. The fourth-order valence-electron chi connectivity index (χ4n) is 3.65. The van der Waals surface area contributed by atoms with Crippen LogP contribution < -0.4 is 16.4 Å². The van der Waals surface area contributed by atoms with E-state index in [1.807, 2.05) is 0 Å². The van der Waals surface area contributed by atoms with Gasteiger partial charge in [0.1, 0.15) is 0 Å². The third-order valence-electron chi connectivity index (χ3n) is 5.20. The second-order valence-corrected chi connectivity index (χ2v) is 7.39. The minimum atomic E-state index is -0.159. The Hall–Kier alpha value is -0.650. The zero-order valence-corrected chi connectivity index (χ0v) is 19.7. The number of nitrogens with one attached hydrogen (secondary N) is 2. The van der Waals surface area contributed by atoms with Crippen molar-refractivity contribution in [3.05, 3.63) is 0 Å². The van der Waals surface area contributed by atoms with Crippen LogP contribution in [0.25, 0.3) is 0 Å². The number of ether oxygens (including phenoxy) is 1. The van der Waals surface area contributed by atoms with Crippen molar-refractivity contribution in [1.82, 2.24) is 20.4 Å². The number of hydrogen-bond donors (Lipinski definition) is 3. The van der Waals surface area contributed by atoms with Gasteiger partial charge in [0.05, 0.1) is 19.1 Å². The second kappa shape index (κ2) is 15.2. The van der Waals surface area contributed by atoms with Crippen LogP contribution in [0.5, 0.6) is 0 Å². The maximum atomic E-state index is 11.4. The average Bonchev–Trinajstić information content (AvgIpc) is 2.69. The Kier molecular flexibility index (Phi) is 13.8. The van der Waals surface area contributed by atoms with E-state index in [4.69, 9.17) is 10.5 Å². The molecule has 0 aromatic carbocycles. The van der Waals surface area contributed by atoms with Crippen LogP contribution in [0.3, 0.4) is 0 Å². The minimum Gasteiger partial charge on any atom is -0.379 e. The number of carbonyl (C=O) groups is 1. The molecule has 2 rings (SSSR count). The number of amides is 1. The van der Waals surface area contributed by atoms with E-state index >= 15 is 0 Å². The lowest BCUT2D eigenvalue weighted by Gasteiger charge is -2.30. The lowest BCUT2D eigenvalue weighted by atomic mass is 9.97. The molecule has 9 heteroatoms. The van der Waals surface area contributed by atoms with Crippen LogP contribution in [0.4, 0.5) is 0 Å². The topological polar surface area (TPSA) is 95.2 Å². The van der Waals surface area contributed by atoms with Gasteiger partial charge in [-0.3, -0.25) is 14.7 Å². The maximum Gasteiger partial charge on any atom is 0.221 e. The highest BCUT2D eigenvalue weighted by molar-refractivity contribution is 14.0. The summed E-state index contributed by atoms with van der Waals surface area (Å²) in [4.78, 5) is 20.8. The van der Waals surface area contributed by atoms with Gasteiger partial charge in [-0.05, 0) is 52.2 Å². The van der Waals surface area contributed by atoms with Crippen LogP contribution in [0.2, 0.25) is 0 Å². The number of hydrogen-bond acceptors (Lipinski definition) is 5. The smallest absolute Gasteiger partial charge is 0.221 e. The molecule has 1 amide bonds. The van der Waals surface area contributed by atoms with Crippen molar-refractivity contribution in [2.45, 2.75) is 32.6 Å². The number of likely N-dealkylation sites (tertiary alicyclic amines) is 1. The molecular formula is C19H39IN6O2. The highest BCUT2D eigenvalue weighted by Gasteiger charge is 2.23. The Morgan fingerprint density at radius 1 is 1.14 bits per heavy atom. The number of aliphatic imine (C=N–C) groups is 1. The van der Waals surface area contributed by atoms with Crippen LogP contribution in [0, 0.1) is 5.92 Å². The van der Waals surface area contributed by atoms with Crippen LogP contribution in [-0.2, 0) is 9.53 Å². The van der Waals surface area contributed by atoms with E-state index in [0.717, 1.165) is 104 Å². The Morgan fingerprint density at radius 3 is 2.61 bits per heavy atom. The monoisotopic (exact) mass is 510 g/mol. The van der Waals surface area contributed by atoms with E-state index < -0.39 is 0 Å². The molecule has 0 bridgehead atoms. The molecule has 164 valence electrons. The van der Waals surface area contributed by atoms with E-state index in [-0.39, 0.29) is 35.8 Å². The molecule has 2 heterocycles. The summed E-state index contributed by atoms with van der Waals surface area (Å²) >= 11 is 0. The highest BCUT2D eigenvalue weighted by Crippen LogP contribution is 2.15. The van der Waals surface area contributed by atoms with E-state index in [9.17, 15) is 4.79 Å². The van der Waals surface area contributed by atoms with Crippen molar-refractivity contribution in [1.29, 1.82) is 0 Å². The van der Waals surface area contributed by atoms with E-state index in [1.54, 1.807) is 0 Å². The van der Waals surface area contributed by atoms with Gasteiger partial charge in [-0.25, -0.2) is 0 Å². The summed E-state index contributed by atoms with van der Waals surface area (Å²) in [6.45, 7) is 12.4. The zero-order valence-electron chi connectivity index (χ0n) is 17.3. The molecule has 1 atom stereocenters. The van der Waals surface area contributed by atoms with Gasteiger partial charge in [0.25, 0.3) is 0 Å². The van der Waals surface area contributed by atoms with Crippen LogP contribution in [0.1, 0.15) is 32.6 Å². The van der Waals surface area contributed by atoms with Gasteiger partial charge in [0.2, 0.25) is 5.91 Å². The normalized spacial score (nSPS) is 21.8. The maximum absolute atomic E-state index is 11.4. The van der Waals surface area contributed by atoms with Crippen molar-refractivity contribution in [2.75, 3.05) is 72.1 Å². The molecule has 8 nitrogen and oxygen atoms in total. The number of primary amides is 1. The number of nitrogens with zero attached hydrogens (tertiary/aromatic N) is 3. The number of halogens is 1. The molecule has 0 radical (unpaired) electrons. The fraction of sp³-hybridized carbons (Fsp3) is 0.895. The predicted octanol–water partition coefficient (Wildman–Crippen LogP) is 0.469. The summed E-state index contributed by atoms with van der Waals surface area (Å²) in [5.74, 6) is 0.759. The van der Waals surface area contributed by atoms with Gasteiger partial charge in [-0.2, -0.15) is 0 Å². The average molecular weight is 510 g/mol. The fourth-order valence-corrected chi connectivity index (χ4v) is 3.65. The first-order chi connectivity index (χ1) is 13.2. The quantitative estimate of drug-likeness (QED) is 0.171. The molecule has 0 aliphatic carbocycles. The molecule has 2 aliphatic rings. The lowest BCUT2D eigenvalue weighted by molar-refractivity contribution is -0.123. The number of carbonyl (C=O) groups excluding carboxylic acids is 1. The van der Waals surface area contributed by atoms with Gasteiger partial charge < -0.3 is 26.0 Å². The molecule has 0 aromatic rings. The zero-order chi connectivity index (χ0) is 19.3. The van der Waals surface area contributed by atoms with Crippen LogP contribution in [0.15, 0.2) is 4.99 Å². The summed E-state index contributed by atoms with van der Waals surface area (Å²) in [6, 6.07) is 0. The number of guanidine groups is 1. The van der Waals surface area contributed by atoms with Gasteiger partial charge in [0.15, 0.2) is 5.96 Å². The first-order valence-electron chi connectivity index (χ1n) is 10.5. The van der Waals surface area contributed by atoms with E-state index in [2.05, 4.69) is 32.3 Å². The van der Waals surface area contributed by atoms with Gasteiger partial charge in [-0.1, -0.05) is 0 Å². The number of piperidine rings is 1. The molecule has 1 unspecified atom stereocenters. The molecule has 0 spiro atoms. The highest BCUT2D eigenvalue weighted by atomic mass is 127. The van der Waals surface area contributed by atoms with Crippen molar-refractivity contribution in [3.8, 4) is 0 Å². The summed E-state index contributed by atoms with van der Waals surface area (Å²) in [6.07, 6.45) is 4.09. The lowest BCUT2D eigenvalue weighted by Crippen LogP contribution is -2.42. The Bertz CT molecular complexity index is 460. The van der Waals surface area contributed by atoms with Gasteiger partial charge in [0, 0.05) is 39.3 Å². The molecule has 0 saturated carbocycles. The summed E-state index contributed by atoms with van der Waals surface area (Å²) in [5, 5.41) is 6.74. The second-order valence-electron chi connectivity index (χ2n) is 7.39. The van der Waals surface area contributed by atoms with E-state index in [1.165, 1.54) is 0 Å². The molecule has 2 aliphatic heterocycles. The summed E-state index contributed by atoms with van der Waals surface area (Å²) < 4.78 is 5.38. The molecule has 28 heavy (non-hydrogen) atoms. The van der Waals surface area contributed by atoms with Crippen LogP contribution in [-0.4, -0.2) is 93.8 Å². The Balaban J connectivity index is 0.00000392. The number of rotatable bonds is 10. The number of nitrogens with two attached hydrogens (primary N) is 1. The third kappa shape index (κ3) is 10.2. The molecule has 2 fully saturated rings. The Labute approximate surface area is 187 Å². The predicted molar refractivity (Wildman–Crippen MR) is 124 cm³/mol. The van der Waals surface area contributed by atoms with E-state index in [0.29, 0.717) is 0 Å². The SMILES string of the molecule is CCNC(=NCCCN1CCCC(C(N)=O)C1)NCCCN1CCOCC1.I. The first-order valence-corrected chi connectivity index (χ1v) is 10.5.